The van der Waals surface area contributed by atoms with E-state index in [4.69, 9.17) is 9.47 Å². The molecule has 33 heavy (non-hydrogen) atoms. The van der Waals surface area contributed by atoms with E-state index < -0.39 is 0 Å². The summed E-state index contributed by atoms with van der Waals surface area (Å²) in [6, 6.07) is 13.9. The highest BCUT2D eigenvalue weighted by molar-refractivity contribution is 5.97. The van der Waals surface area contributed by atoms with Crippen LogP contribution < -0.4 is 4.90 Å². The standard InChI is InChI=1S/C26H33N3O4/c1-3-28(4-2)26(31)22-7-5-6-20(16-22)21-8-9-24-23(17-21)18-33-19-25(30)29(24)11-10-27-12-14-32-15-13-27/h5-9,16-17H,3-4,10-15,18-19H2,1-2H3. The molecule has 0 radical (unpaired) electrons. The van der Waals surface area contributed by atoms with Crippen LogP contribution in [-0.2, 0) is 20.9 Å². The van der Waals surface area contributed by atoms with Gasteiger partial charge in [0.2, 0.25) is 0 Å². The molecule has 1 saturated heterocycles. The molecule has 2 aromatic rings. The molecule has 2 aromatic carbocycles. The number of fused-ring (bicyclic) bond motifs is 1. The minimum absolute atomic E-state index is 0.0124. The Kier molecular flexibility index (Phi) is 7.75. The predicted molar refractivity (Wildman–Crippen MR) is 128 cm³/mol. The Hall–Kier alpha value is -2.74. The van der Waals surface area contributed by atoms with Crippen LogP contribution >= 0.6 is 0 Å². The second kappa shape index (κ2) is 10.9. The summed E-state index contributed by atoms with van der Waals surface area (Å²) >= 11 is 0. The van der Waals surface area contributed by atoms with Crippen molar-refractivity contribution < 1.29 is 19.1 Å². The summed E-state index contributed by atoms with van der Waals surface area (Å²) < 4.78 is 11.1. The quantitative estimate of drug-likeness (QED) is 0.648. The molecule has 2 aliphatic heterocycles. The van der Waals surface area contributed by atoms with Gasteiger partial charge in [-0.05, 0) is 49.2 Å². The van der Waals surface area contributed by atoms with Gasteiger partial charge in [-0.1, -0.05) is 18.2 Å². The van der Waals surface area contributed by atoms with Crippen LogP contribution in [0, 0.1) is 0 Å². The SMILES string of the molecule is CCN(CC)C(=O)c1cccc(-c2ccc3c(c2)COCC(=O)N3CCN2CCOCC2)c1. The molecule has 2 heterocycles. The Labute approximate surface area is 195 Å². The first kappa shape index (κ1) is 23.4. The van der Waals surface area contributed by atoms with Gasteiger partial charge in [-0.25, -0.2) is 0 Å². The third-order valence-electron chi connectivity index (χ3n) is 6.39. The molecule has 7 heteroatoms. The molecule has 7 nitrogen and oxygen atoms in total. The normalized spacial score (nSPS) is 16.9. The zero-order valence-corrected chi connectivity index (χ0v) is 19.6. The molecule has 2 amide bonds. The fourth-order valence-electron chi connectivity index (χ4n) is 4.44. The highest BCUT2D eigenvalue weighted by Crippen LogP contribution is 2.30. The van der Waals surface area contributed by atoms with Crippen LogP contribution in [0.15, 0.2) is 42.5 Å². The Balaban J connectivity index is 1.57. The van der Waals surface area contributed by atoms with Crippen LogP contribution in [0.3, 0.4) is 0 Å². The van der Waals surface area contributed by atoms with Crippen LogP contribution in [0.25, 0.3) is 11.1 Å². The number of anilines is 1. The molecule has 2 aliphatic rings. The fourth-order valence-corrected chi connectivity index (χ4v) is 4.44. The van der Waals surface area contributed by atoms with Crippen molar-refractivity contribution in [3.63, 3.8) is 0 Å². The molecule has 0 unspecified atom stereocenters. The van der Waals surface area contributed by atoms with E-state index in [2.05, 4.69) is 11.0 Å². The van der Waals surface area contributed by atoms with Crippen molar-refractivity contribution in [3.8, 4) is 11.1 Å². The number of morpholine rings is 1. The Bertz CT molecular complexity index is 983. The summed E-state index contributed by atoms with van der Waals surface area (Å²) in [6.07, 6.45) is 0. The van der Waals surface area contributed by atoms with E-state index in [0.29, 0.717) is 31.8 Å². The van der Waals surface area contributed by atoms with Gasteiger partial charge >= 0.3 is 0 Å². The monoisotopic (exact) mass is 451 g/mol. The van der Waals surface area contributed by atoms with Crippen LogP contribution in [0.1, 0.15) is 29.8 Å². The van der Waals surface area contributed by atoms with Crippen molar-refractivity contribution in [1.82, 2.24) is 9.80 Å². The van der Waals surface area contributed by atoms with Crippen molar-refractivity contribution in [2.75, 3.05) is 64.0 Å². The second-order valence-corrected chi connectivity index (χ2v) is 8.39. The first-order chi connectivity index (χ1) is 16.1. The van der Waals surface area contributed by atoms with E-state index in [1.165, 1.54) is 0 Å². The Morgan fingerprint density at radius 3 is 2.45 bits per heavy atom. The Morgan fingerprint density at radius 1 is 0.939 bits per heavy atom. The van der Waals surface area contributed by atoms with E-state index >= 15 is 0 Å². The zero-order chi connectivity index (χ0) is 23.2. The second-order valence-electron chi connectivity index (χ2n) is 8.39. The zero-order valence-electron chi connectivity index (χ0n) is 19.6. The van der Waals surface area contributed by atoms with Crippen LogP contribution in [0.4, 0.5) is 5.69 Å². The van der Waals surface area contributed by atoms with E-state index in [1.54, 1.807) is 0 Å². The third-order valence-corrected chi connectivity index (χ3v) is 6.39. The molecule has 0 N–H and O–H groups in total. The minimum atomic E-state index is -0.0124. The maximum Gasteiger partial charge on any atom is 0.253 e. The number of carbonyl (C=O) groups excluding carboxylic acids is 2. The van der Waals surface area contributed by atoms with Crippen molar-refractivity contribution in [2.45, 2.75) is 20.5 Å². The van der Waals surface area contributed by atoms with E-state index in [9.17, 15) is 9.59 Å². The number of ether oxygens (including phenoxy) is 2. The summed E-state index contributed by atoms with van der Waals surface area (Å²) in [6.45, 7) is 10.5. The fraction of sp³-hybridized carbons (Fsp3) is 0.462. The van der Waals surface area contributed by atoms with Crippen LogP contribution in [0.2, 0.25) is 0 Å². The lowest BCUT2D eigenvalue weighted by atomic mass is 9.99. The summed E-state index contributed by atoms with van der Waals surface area (Å²) in [5.74, 6) is 0.0291. The highest BCUT2D eigenvalue weighted by Gasteiger charge is 2.24. The number of benzene rings is 2. The smallest absolute Gasteiger partial charge is 0.253 e. The molecule has 0 saturated carbocycles. The number of nitrogens with zero attached hydrogens (tertiary/aromatic N) is 3. The van der Waals surface area contributed by atoms with Crippen molar-refractivity contribution in [1.29, 1.82) is 0 Å². The first-order valence-corrected chi connectivity index (χ1v) is 11.8. The summed E-state index contributed by atoms with van der Waals surface area (Å²) in [4.78, 5) is 31.6. The summed E-state index contributed by atoms with van der Waals surface area (Å²) in [5.41, 5.74) is 4.57. The molecule has 176 valence electrons. The molecule has 1 fully saturated rings. The number of rotatable bonds is 7. The highest BCUT2D eigenvalue weighted by atomic mass is 16.5. The van der Waals surface area contributed by atoms with Crippen molar-refractivity contribution >= 4 is 17.5 Å². The Morgan fingerprint density at radius 2 is 1.70 bits per heavy atom. The molecule has 0 spiro atoms. The average molecular weight is 452 g/mol. The van der Waals surface area contributed by atoms with Gasteiger partial charge in [-0.2, -0.15) is 0 Å². The van der Waals surface area contributed by atoms with Crippen LogP contribution in [-0.4, -0.2) is 80.7 Å². The third kappa shape index (κ3) is 5.43. The number of hydrogen-bond donors (Lipinski definition) is 0. The van der Waals surface area contributed by atoms with Gasteiger partial charge < -0.3 is 19.3 Å². The van der Waals surface area contributed by atoms with Gasteiger partial charge in [0.1, 0.15) is 6.61 Å². The van der Waals surface area contributed by atoms with Gasteiger partial charge in [0.25, 0.3) is 11.8 Å². The summed E-state index contributed by atoms with van der Waals surface area (Å²) in [7, 11) is 0. The maximum absolute atomic E-state index is 12.8. The molecule has 4 rings (SSSR count). The molecule has 0 bridgehead atoms. The summed E-state index contributed by atoms with van der Waals surface area (Å²) in [5, 5.41) is 0. The number of carbonyl (C=O) groups is 2. The minimum Gasteiger partial charge on any atom is -0.379 e. The van der Waals surface area contributed by atoms with Crippen LogP contribution in [0.5, 0.6) is 0 Å². The maximum atomic E-state index is 12.8. The van der Waals surface area contributed by atoms with E-state index in [-0.39, 0.29) is 18.4 Å². The molecule has 0 atom stereocenters. The number of amides is 2. The van der Waals surface area contributed by atoms with Crippen molar-refractivity contribution in [3.05, 3.63) is 53.6 Å². The van der Waals surface area contributed by atoms with Gasteiger partial charge in [-0.15, -0.1) is 0 Å². The largest absolute Gasteiger partial charge is 0.379 e. The topological polar surface area (TPSA) is 62.3 Å². The predicted octanol–water partition coefficient (Wildman–Crippen LogP) is 3.03. The molecule has 0 aliphatic carbocycles. The van der Waals surface area contributed by atoms with Gasteiger partial charge in [0.15, 0.2) is 0 Å². The number of hydrogen-bond acceptors (Lipinski definition) is 5. The van der Waals surface area contributed by atoms with E-state index in [1.807, 2.05) is 60.0 Å². The van der Waals surface area contributed by atoms with Gasteiger partial charge in [0, 0.05) is 56.1 Å². The van der Waals surface area contributed by atoms with Gasteiger partial charge in [-0.3, -0.25) is 14.5 Å². The lowest BCUT2D eigenvalue weighted by Crippen LogP contribution is -2.43. The van der Waals surface area contributed by atoms with Gasteiger partial charge in [0.05, 0.1) is 19.8 Å². The van der Waals surface area contributed by atoms with Crippen molar-refractivity contribution in [2.24, 2.45) is 0 Å². The lowest BCUT2D eigenvalue weighted by Gasteiger charge is -2.30. The van der Waals surface area contributed by atoms with E-state index in [0.717, 1.165) is 55.2 Å². The average Bonchev–Trinajstić information content (AvgIpc) is 3.01. The first-order valence-electron chi connectivity index (χ1n) is 11.8. The molecular formula is C26H33N3O4. The molecular weight excluding hydrogens is 418 g/mol. The molecule has 0 aromatic heterocycles. The lowest BCUT2D eigenvalue weighted by molar-refractivity contribution is -0.123.